The summed E-state index contributed by atoms with van der Waals surface area (Å²) in [5, 5.41) is 6.67. The van der Waals surface area contributed by atoms with E-state index >= 15 is 0 Å². The maximum Gasteiger partial charge on any atom is 0.340 e. The quantitative estimate of drug-likeness (QED) is 0.462. The van der Waals surface area contributed by atoms with Crippen LogP contribution < -0.4 is 5.32 Å². The Hall–Kier alpha value is -2.70. The first-order chi connectivity index (χ1) is 13.0. The first kappa shape index (κ1) is 19.1. The summed E-state index contributed by atoms with van der Waals surface area (Å²) in [6.07, 6.45) is 1.79. The smallest absolute Gasteiger partial charge is 0.340 e. The van der Waals surface area contributed by atoms with Crippen molar-refractivity contribution in [3.63, 3.8) is 0 Å². The van der Waals surface area contributed by atoms with E-state index in [9.17, 15) is 9.59 Å². The highest BCUT2D eigenvalue weighted by molar-refractivity contribution is 7.12. The van der Waals surface area contributed by atoms with Gasteiger partial charge in [0, 0.05) is 15.4 Å². The van der Waals surface area contributed by atoms with Crippen LogP contribution in [-0.2, 0) is 14.3 Å². The Morgan fingerprint density at radius 3 is 2.33 bits per heavy atom. The number of amides is 1. The Labute approximate surface area is 166 Å². The van der Waals surface area contributed by atoms with Gasteiger partial charge in [0.25, 0.3) is 5.91 Å². The summed E-state index contributed by atoms with van der Waals surface area (Å²) in [4.78, 5) is 26.6. The van der Waals surface area contributed by atoms with Crippen LogP contribution in [0.2, 0.25) is 0 Å². The second-order valence-corrected chi connectivity index (χ2v) is 7.87. The molecule has 0 aliphatic rings. The molecule has 1 amide bonds. The van der Waals surface area contributed by atoms with Crippen molar-refractivity contribution in [1.29, 1.82) is 0 Å². The Kier molecular flexibility index (Phi) is 6.21. The van der Waals surface area contributed by atoms with Crippen LogP contribution in [0.15, 0.2) is 53.2 Å². The molecule has 2 heterocycles. The maximum atomic E-state index is 12.6. The first-order valence-corrected chi connectivity index (χ1v) is 10.1. The third kappa shape index (κ3) is 4.93. The SMILES string of the molecule is Cc1cccc(C)c1NC(=O)COC(=O)/C(=C/c1cccs1)c1cccs1. The number of carbonyl (C=O) groups is 2. The fourth-order valence-electron chi connectivity index (χ4n) is 2.57. The van der Waals surface area contributed by atoms with Gasteiger partial charge in [-0.25, -0.2) is 4.79 Å². The summed E-state index contributed by atoms with van der Waals surface area (Å²) >= 11 is 2.99. The molecule has 138 valence electrons. The van der Waals surface area contributed by atoms with Crippen LogP contribution in [0, 0.1) is 13.8 Å². The lowest BCUT2D eigenvalue weighted by Crippen LogP contribution is -2.22. The van der Waals surface area contributed by atoms with Gasteiger partial charge in [-0.05, 0) is 53.9 Å². The normalized spacial score (nSPS) is 11.3. The van der Waals surface area contributed by atoms with Crippen LogP contribution in [0.25, 0.3) is 11.6 Å². The highest BCUT2D eigenvalue weighted by atomic mass is 32.1. The molecule has 0 atom stereocenters. The minimum absolute atomic E-state index is 0.334. The Bertz CT molecular complexity index is 937. The molecule has 3 rings (SSSR count). The minimum atomic E-state index is -0.512. The number of para-hydroxylation sites is 1. The van der Waals surface area contributed by atoms with Crippen molar-refractivity contribution in [3.8, 4) is 0 Å². The van der Waals surface area contributed by atoms with Crippen LogP contribution in [0.3, 0.4) is 0 Å². The van der Waals surface area contributed by atoms with Gasteiger partial charge in [0.15, 0.2) is 6.61 Å². The largest absolute Gasteiger partial charge is 0.452 e. The van der Waals surface area contributed by atoms with Crippen molar-refractivity contribution in [3.05, 3.63) is 74.1 Å². The predicted molar refractivity (Wildman–Crippen MR) is 112 cm³/mol. The Morgan fingerprint density at radius 1 is 1.00 bits per heavy atom. The molecule has 4 nitrogen and oxygen atoms in total. The third-order valence-corrected chi connectivity index (χ3v) is 5.64. The molecule has 1 aromatic carbocycles. The molecule has 0 fully saturated rings. The van der Waals surface area contributed by atoms with Gasteiger partial charge in [0.2, 0.25) is 0 Å². The number of ether oxygens (including phenoxy) is 1. The second-order valence-electron chi connectivity index (χ2n) is 5.94. The molecule has 0 saturated heterocycles. The summed E-state index contributed by atoms with van der Waals surface area (Å²) in [7, 11) is 0. The zero-order chi connectivity index (χ0) is 19.2. The lowest BCUT2D eigenvalue weighted by Gasteiger charge is -2.12. The van der Waals surface area contributed by atoms with Gasteiger partial charge in [-0.2, -0.15) is 0 Å². The zero-order valence-corrected chi connectivity index (χ0v) is 16.7. The van der Waals surface area contributed by atoms with Crippen LogP contribution in [0.1, 0.15) is 20.9 Å². The van der Waals surface area contributed by atoms with Gasteiger partial charge >= 0.3 is 5.97 Å². The average molecular weight is 398 g/mol. The van der Waals surface area contributed by atoms with Crippen LogP contribution in [0.5, 0.6) is 0 Å². The number of aryl methyl sites for hydroxylation is 2. The molecule has 2 aromatic heterocycles. The molecule has 6 heteroatoms. The van der Waals surface area contributed by atoms with Crippen LogP contribution >= 0.6 is 22.7 Å². The molecule has 0 saturated carbocycles. The van der Waals surface area contributed by atoms with Crippen LogP contribution in [-0.4, -0.2) is 18.5 Å². The van der Waals surface area contributed by atoms with E-state index in [2.05, 4.69) is 5.32 Å². The standard InChI is InChI=1S/C21H19NO3S2/c1-14-6-3-7-15(2)20(14)22-19(23)13-25-21(24)17(18-9-5-11-27-18)12-16-8-4-10-26-16/h3-12H,13H2,1-2H3,(H,22,23)/b17-12+. The first-order valence-electron chi connectivity index (χ1n) is 8.37. The van der Waals surface area contributed by atoms with E-state index in [1.807, 2.05) is 67.1 Å². The van der Waals surface area contributed by atoms with Crippen molar-refractivity contribution >= 4 is 51.9 Å². The monoisotopic (exact) mass is 397 g/mol. The summed E-state index contributed by atoms with van der Waals surface area (Å²) in [5.74, 6) is -0.870. The van der Waals surface area contributed by atoms with Gasteiger partial charge in [0.1, 0.15) is 0 Å². The summed E-state index contributed by atoms with van der Waals surface area (Å²) in [6.45, 7) is 3.51. The number of hydrogen-bond acceptors (Lipinski definition) is 5. The average Bonchev–Trinajstić information content (AvgIpc) is 3.34. The van der Waals surface area contributed by atoms with Crippen molar-refractivity contribution in [2.75, 3.05) is 11.9 Å². The molecule has 1 N–H and O–H groups in total. The zero-order valence-electron chi connectivity index (χ0n) is 15.0. The van der Waals surface area contributed by atoms with Gasteiger partial charge in [-0.1, -0.05) is 30.3 Å². The summed E-state index contributed by atoms with van der Waals surface area (Å²) in [6, 6.07) is 13.4. The number of benzene rings is 1. The van der Waals surface area contributed by atoms with E-state index in [4.69, 9.17) is 4.74 Å². The fraction of sp³-hybridized carbons (Fsp3) is 0.143. The molecule has 0 radical (unpaired) electrons. The number of esters is 1. The lowest BCUT2D eigenvalue weighted by atomic mass is 10.1. The van der Waals surface area contributed by atoms with E-state index in [0.29, 0.717) is 5.57 Å². The van der Waals surface area contributed by atoms with E-state index in [1.165, 1.54) is 22.7 Å². The molecule has 0 aliphatic carbocycles. The van der Waals surface area contributed by atoms with Crippen molar-refractivity contribution in [2.45, 2.75) is 13.8 Å². The number of carbonyl (C=O) groups excluding carboxylic acids is 2. The fourth-order valence-corrected chi connectivity index (χ4v) is 3.96. The molecule has 3 aromatic rings. The number of rotatable bonds is 6. The van der Waals surface area contributed by atoms with E-state index in [1.54, 1.807) is 6.08 Å². The van der Waals surface area contributed by atoms with Crippen molar-refractivity contribution in [2.24, 2.45) is 0 Å². The van der Waals surface area contributed by atoms with Crippen molar-refractivity contribution < 1.29 is 14.3 Å². The number of anilines is 1. The maximum absolute atomic E-state index is 12.6. The van der Waals surface area contributed by atoms with Gasteiger partial charge in [-0.15, -0.1) is 22.7 Å². The topological polar surface area (TPSA) is 55.4 Å². The van der Waals surface area contributed by atoms with Gasteiger partial charge < -0.3 is 10.1 Å². The van der Waals surface area contributed by atoms with Gasteiger partial charge in [0.05, 0.1) is 5.57 Å². The lowest BCUT2D eigenvalue weighted by molar-refractivity contribution is -0.141. The number of hydrogen-bond donors (Lipinski definition) is 1. The number of thiophene rings is 2. The summed E-state index contributed by atoms with van der Waals surface area (Å²) < 4.78 is 5.28. The highest BCUT2D eigenvalue weighted by Crippen LogP contribution is 2.26. The molecular weight excluding hydrogens is 378 g/mol. The third-order valence-electron chi connectivity index (χ3n) is 3.92. The second kappa shape index (κ2) is 8.79. The minimum Gasteiger partial charge on any atom is -0.452 e. The molecule has 0 unspecified atom stereocenters. The molecule has 0 bridgehead atoms. The molecule has 0 aliphatic heterocycles. The molecule has 27 heavy (non-hydrogen) atoms. The number of nitrogens with one attached hydrogen (secondary N) is 1. The van der Waals surface area contributed by atoms with E-state index in [0.717, 1.165) is 26.6 Å². The highest BCUT2D eigenvalue weighted by Gasteiger charge is 2.17. The van der Waals surface area contributed by atoms with Crippen LogP contribution in [0.4, 0.5) is 5.69 Å². The Morgan fingerprint density at radius 2 is 1.70 bits per heavy atom. The predicted octanol–water partition coefficient (Wildman–Crippen LogP) is 5.15. The Balaban J connectivity index is 1.68. The van der Waals surface area contributed by atoms with E-state index < -0.39 is 5.97 Å². The summed E-state index contributed by atoms with van der Waals surface area (Å²) in [5.41, 5.74) is 3.14. The molecular formula is C21H19NO3S2. The van der Waals surface area contributed by atoms with E-state index in [-0.39, 0.29) is 12.5 Å². The molecule has 0 spiro atoms. The van der Waals surface area contributed by atoms with Crippen molar-refractivity contribution in [1.82, 2.24) is 0 Å². The van der Waals surface area contributed by atoms with Gasteiger partial charge in [-0.3, -0.25) is 4.79 Å².